The van der Waals surface area contributed by atoms with Crippen LogP contribution in [0.2, 0.25) is 0 Å². The van der Waals surface area contributed by atoms with E-state index in [1.807, 2.05) is 18.3 Å². The van der Waals surface area contributed by atoms with Gasteiger partial charge in [-0.1, -0.05) is 6.42 Å². The fraction of sp³-hybridized carbons (Fsp3) is 0.500. The quantitative estimate of drug-likeness (QED) is 0.400. The van der Waals surface area contributed by atoms with E-state index in [1.54, 1.807) is 6.20 Å². The second kappa shape index (κ2) is 8.86. The number of hydrogen-bond acceptors (Lipinski definition) is 6. The van der Waals surface area contributed by atoms with Crippen molar-refractivity contribution in [2.75, 3.05) is 23.7 Å². The van der Waals surface area contributed by atoms with Crippen LogP contribution in [0.4, 0.5) is 17.5 Å². The minimum absolute atomic E-state index is 0.210. The summed E-state index contributed by atoms with van der Waals surface area (Å²) in [6.07, 6.45) is 10.2. The van der Waals surface area contributed by atoms with Gasteiger partial charge in [0.1, 0.15) is 10.4 Å². The summed E-state index contributed by atoms with van der Waals surface area (Å²) in [6.45, 7) is 1.46. The Morgan fingerprint density at radius 1 is 1.11 bits per heavy atom. The van der Waals surface area contributed by atoms with Crippen LogP contribution in [0, 0.1) is 5.92 Å². The van der Waals surface area contributed by atoms with Crippen molar-refractivity contribution >= 4 is 39.3 Å². The highest BCUT2D eigenvalue weighted by atomic mass is 79.9. The van der Waals surface area contributed by atoms with E-state index in [2.05, 4.69) is 46.8 Å². The van der Waals surface area contributed by atoms with Crippen LogP contribution in [0.25, 0.3) is 0 Å². The predicted molar refractivity (Wildman–Crippen MR) is 113 cm³/mol. The zero-order valence-corrected chi connectivity index (χ0v) is 17.3. The third-order valence-corrected chi connectivity index (χ3v) is 5.71. The van der Waals surface area contributed by atoms with Gasteiger partial charge in [0.2, 0.25) is 11.9 Å². The van der Waals surface area contributed by atoms with Gasteiger partial charge >= 0.3 is 0 Å². The number of nitrogens with zero attached hydrogens (tertiary/aromatic N) is 3. The number of nitrogens with one attached hydrogen (secondary N) is 3. The molecule has 2 saturated carbocycles. The average molecular weight is 445 g/mol. The van der Waals surface area contributed by atoms with Crippen LogP contribution in [0.5, 0.6) is 0 Å². The van der Waals surface area contributed by atoms with Crippen LogP contribution in [0.3, 0.4) is 0 Å². The molecule has 7 nitrogen and oxygen atoms in total. The van der Waals surface area contributed by atoms with Crippen molar-refractivity contribution in [1.29, 1.82) is 0 Å². The van der Waals surface area contributed by atoms with Crippen LogP contribution in [-0.4, -0.2) is 33.9 Å². The highest BCUT2D eigenvalue weighted by Crippen LogP contribution is 2.42. The monoisotopic (exact) mass is 444 g/mol. The predicted octanol–water partition coefficient (Wildman–Crippen LogP) is 3.97. The van der Waals surface area contributed by atoms with Crippen molar-refractivity contribution in [3.8, 4) is 0 Å². The lowest BCUT2D eigenvalue weighted by molar-refractivity contribution is -0.127. The van der Waals surface area contributed by atoms with Gasteiger partial charge in [-0.15, -0.1) is 0 Å². The third kappa shape index (κ3) is 4.98. The van der Waals surface area contributed by atoms with Gasteiger partial charge in [-0.2, -0.15) is 4.98 Å². The van der Waals surface area contributed by atoms with E-state index in [0.717, 1.165) is 41.9 Å². The maximum atomic E-state index is 11.9. The molecule has 3 N–H and O–H groups in total. The van der Waals surface area contributed by atoms with E-state index in [9.17, 15) is 4.79 Å². The van der Waals surface area contributed by atoms with E-state index >= 15 is 0 Å². The molecule has 2 aromatic heterocycles. The summed E-state index contributed by atoms with van der Waals surface area (Å²) in [7, 11) is 0. The van der Waals surface area contributed by atoms with Gasteiger partial charge in [0.15, 0.2) is 0 Å². The fourth-order valence-corrected chi connectivity index (χ4v) is 3.42. The summed E-state index contributed by atoms with van der Waals surface area (Å²) in [4.78, 5) is 25.2. The number of aromatic nitrogens is 3. The van der Waals surface area contributed by atoms with Crippen molar-refractivity contribution in [2.45, 2.75) is 44.4 Å². The number of carbonyl (C=O) groups is 1. The fourth-order valence-electron chi connectivity index (χ4n) is 3.19. The number of halogens is 1. The highest BCUT2D eigenvalue weighted by Gasteiger charge is 2.27. The van der Waals surface area contributed by atoms with Crippen LogP contribution in [-0.2, 0) is 4.79 Å². The molecule has 148 valence electrons. The minimum Gasteiger partial charge on any atom is -0.370 e. The van der Waals surface area contributed by atoms with Gasteiger partial charge in [-0.3, -0.25) is 4.79 Å². The molecule has 2 heterocycles. The second-order valence-corrected chi connectivity index (χ2v) is 8.28. The smallest absolute Gasteiger partial charge is 0.229 e. The molecular weight excluding hydrogens is 420 g/mol. The lowest BCUT2D eigenvalue weighted by Gasteiger charge is -2.24. The van der Waals surface area contributed by atoms with E-state index in [4.69, 9.17) is 0 Å². The number of pyridine rings is 1. The Kier molecular flexibility index (Phi) is 6.04. The topological polar surface area (TPSA) is 91.8 Å². The summed E-state index contributed by atoms with van der Waals surface area (Å²) in [5.74, 6) is 2.45. The Morgan fingerprint density at radius 3 is 2.64 bits per heavy atom. The SMILES string of the molecule is O=C(NCCCNc1nc(Nc2ccc(Br)nc2)ncc1C1CC1)C1CCC1. The summed E-state index contributed by atoms with van der Waals surface area (Å²) in [5, 5.41) is 9.67. The summed E-state index contributed by atoms with van der Waals surface area (Å²) < 4.78 is 0.787. The number of rotatable bonds is 9. The van der Waals surface area contributed by atoms with Crippen LogP contribution in [0.15, 0.2) is 29.1 Å². The molecule has 0 atom stereocenters. The zero-order valence-electron chi connectivity index (χ0n) is 15.7. The number of carbonyl (C=O) groups excluding carboxylic acids is 1. The van der Waals surface area contributed by atoms with Crippen molar-refractivity contribution in [3.63, 3.8) is 0 Å². The summed E-state index contributed by atoms with van der Waals surface area (Å²) in [6, 6.07) is 3.80. The first kappa shape index (κ1) is 19.1. The molecule has 2 aliphatic carbocycles. The molecule has 2 fully saturated rings. The zero-order chi connectivity index (χ0) is 19.3. The Bertz CT molecular complexity index is 820. The molecule has 0 unspecified atom stereocenters. The minimum atomic E-state index is 0.210. The van der Waals surface area contributed by atoms with Crippen molar-refractivity contribution in [1.82, 2.24) is 20.3 Å². The molecule has 0 aliphatic heterocycles. The van der Waals surface area contributed by atoms with Crippen molar-refractivity contribution < 1.29 is 4.79 Å². The Hall–Kier alpha value is -2.22. The van der Waals surface area contributed by atoms with Gasteiger partial charge < -0.3 is 16.0 Å². The molecule has 4 rings (SSSR count). The summed E-state index contributed by atoms with van der Waals surface area (Å²) >= 11 is 3.33. The Morgan fingerprint density at radius 2 is 1.96 bits per heavy atom. The largest absolute Gasteiger partial charge is 0.370 e. The average Bonchev–Trinajstić information content (AvgIpc) is 3.47. The Labute approximate surface area is 173 Å². The lowest BCUT2D eigenvalue weighted by atomic mass is 9.85. The maximum Gasteiger partial charge on any atom is 0.229 e. The molecule has 0 saturated heterocycles. The molecule has 0 spiro atoms. The Balaban J connectivity index is 1.32. The number of anilines is 3. The normalized spacial score (nSPS) is 16.3. The highest BCUT2D eigenvalue weighted by molar-refractivity contribution is 9.10. The van der Waals surface area contributed by atoms with Gasteiger partial charge in [-0.25, -0.2) is 9.97 Å². The van der Waals surface area contributed by atoms with Crippen LogP contribution < -0.4 is 16.0 Å². The lowest BCUT2D eigenvalue weighted by Crippen LogP contribution is -2.35. The van der Waals surface area contributed by atoms with Crippen LogP contribution in [0.1, 0.15) is 50.0 Å². The molecule has 2 aromatic rings. The van der Waals surface area contributed by atoms with Gasteiger partial charge in [0.05, 0.1) is 11.9 Å². The van der Waals surface area contributed by atoms with Gasteiger partial charge in [0, 0.05) is 30.8 Å². The van der Waals surface area contributed by atoms with Crippen molar-refractivity contribution in [2.24, 2.45) is 5.92 Å². The standard InChI is InChI=1S/C20H25BrN6O/c21-17-8-7-15(11-24-17)26-20-25-12-16(13-5-6-13)18(27-20)22-9-2-10-23-19(28)14-3-1-4-14/h7-8,11-14H,1-6,9-10H2,(H,23,28)(H2,22,25,26,27). The van der Waals surface area contributed by atoms with E-state index in [1.165, 1.54) is 24.8 Å². The van der Waals surface area contributed by atoms with E-state index in [-0.39, 0.29) is 11.8 Å². The molecular formula is C20H25BrN6O. The number of hydrogen-bond donors (Lipinski definition) is 3. The molecule has 2 aliphatic rings. The molecule has 28 heavy (non-hydrogen) atoms. The third-order valence-electron chi connectivity index (χ3n) is 5.24. The van der Waals surface area contributed by atoms with Gasteiger partial charge in [0.25, 0.3) is 0 Å². The van der Waals surface area contributed by atoms with E-state index < -0.39 is 0 Å². The molecule has 8 heteroatoms. The molecule has 0 bridgehead atoms. The first-order valence-corrected chi connectivity index (χ1v) is 10.8. The number of amides is 1. The van der Waals surface area contributed by atoms with E-state index in [0.29, 0.717) is 18.4 Å². The maximum absolute atomic E-state index is 11.9. The first-order chi connectivity index (χ1) is 13.7. The second-order valence-electron chi connectivity index (χ2n) is 7.47. The molecule has 0 aromatic carbocycles. The van der Waals surface area contributed by atoms with Crippen LogP contribution >= 0.6 is 15.9 Å². The van der Waals surface area contributed by atoms with Gasteiger partial charge in [-0.05, 0) is 66.1 Å². The summed E-state index contributed by atoms with van der Waals surface area (Å²) in [5.41, 5.74) is 2.02. The molecule has 1 amide bonds. The first-order valence-electron chi connectivity index (χ1n) is 9.96. The van der Waals surface area contributed by atoms with Crippen molar-refractivity contribution in [3.05, 3.63) is 34.7 Å². The molecule has 0 radical (unpaired) electrons.